The molecule has 1 saturated heterocycles. The van der Waals surface area contributed by atoms with Crippen LogP contribution in [0.1, 0.15) is 11.1 Å². The second-order valence-electron chi connectivity index (χ2n) is 5.87. The van der Waals surface area contributed by atoms with Crippen LogP contribution in [0.5, 0.6) is 0 Å². The smallest absolute Gasteiger partial charge is 0.104 e. The summed E-state index contributed by atoms with van der Waals surface area (Å²) < 4.78 is 33.5. The molecule has 2 rings (SSSR count). The molecule has 0 saturated carbocycles. The van der Waals surface area contributed by atoms with Gasteiger partial charge in [0.05, 0.1) is 72.7 Å². The molecule has 0 radical (unpaired) electrons. The molecule has 0 amide bonds. The van der Waals surface area contributed by atoms with E-state index in [1.807, 2.05) is 30.3 Å². The van der Waals surface area contributed by atoms with Crippen molar-refractivity contribution in [2.24, 2.45) is 0 Å². The first-order valence-electron chi connectivity index (χ1n) is 9.10. The van der Waals surface area contributed by atoms with E-state index in [2.05, 4.69) is 6.58 Å². The molecular weight excluding hydrogens is 336 g/mol. The third-order valence-corrected chi connectivity index (χ3v) is 3.79. The molecule has 1 atom stereocenters. The summed E-state index contributed by atoms with van der Waals surface area (Å²) in [6, 6.07) is 8.13. The van der Waals surface area contributed by atoms with Crippen LogP contribution in [0, 0.1) is 0 Å². The first-order valence-corrected chi connectivity index (χ1v) is 9.10. The van der Waals surface area contributed by atoms with E-state index < -0.39 is 0 Å². The summed E-state index contributed by atoms with van der Waals surface area (Å²) in [7, 11) is 0. The molecule has 1 aromatic rings. The van der Waals surface area contributed by atoms with Gasteiger partial charge >= 0.3 is 0 Å². The van der Waals surface area contributed by atoms with Gasteiger partial charge in [0.25, 0.3) is 0 Å². The molecule has 1 unspecified atom stereocenters. The molecule has 146 valence electrons. The Morgan fingerprint density at radius 3 is 2.04 bits per heavy atom. The van der Waals surface area contributed by atoms with Gasteiger partial charge in [0, 0.05) is 0 Å². The Hall–Kier alpha value is -1.28. The molecule has 6 heteroatoms. The van der Waals surface area contributed by atoms with Crippen LogP contribution in [0.2, 0.25) is 0 Å². The number of ether oxygens (including phenoxy) is 6. The number of benzene rings is 1. The average Bonchev–Trinajstić information content (AvgIpc) is 2.68. The van der Waals surface area contributed by atoms with Crippen molar-refractivity contribution in [1.82, 2.24) is 0 Å². The van der Waals surface area contributed by atoms with E-state index in [9.17, 15) is 0 Å². The Labute approximate surface area is 156 Å². The maximum Gasteiger partial charge on any atom is 0.104 e. The van der Waals surface area contributed by atoms with Crippen LogP contribution in [0.4, 0.5) is 0 Å². The fourth-order valence-corrected chi connectivity index (χ4v) is 2.35. The van der Waals surface area contributed by atoms with E-state index >= 15 is 0 Å². The van der Waals surface area contributed by atoms with Gasteiger partial charge in [-0.15, -0.1) is 0 Å². The standard InChI is InChI=1S/C20H30O6/c1-2-18-3-5-19(6-4-18)15-25-17-20-16-24-12-11-22-8-7-21-9-10-23-13-14-26-20/h2-6,20H,1,7-17H2. The van der Waals surface area contributed by atoms with Crippen LogP contribution < -0.4 is 0 Å². The third kappa shape index (κ3) is 9.43. The van der Waals surface area contributed by atoms with Gasteiger partial charge in [-0.3, -0.25) is 0 Å². The second-order valence-corrected chi connectivity index (χ2v) is 5.87. The fraction of sp³-hybridized carbons (Fsp3) is 0.600. The van der Waals surface area contributed by atoms with Crippen molar-refractivity contribution in [2.75, 3.05) is 66.1 Å². The molecule has 0 aliphatic carbocycles. The largest absolute Gasteiger partial charge is 0.377 e. The van der Waals surface area contributed by atoms with E-state index in [-0.39, 0.29) is 6.10 Å². The first-order chi connectivity index (χ1) is 12.9. The zero-order valence-corrected chi connectivity index (χ0v) is 15.4. The van der Waals surface area contributed by atoms with Gasteiger partial charge in [0.1, 0.15) is 6.10 Å². The number of hydrogen-bond donors (Lipinski definition) is 0. The summed E-state index contributed by atoms with van der Waals surface area (Å²) >= 11 is 0. The summed E-state index contributed by atoms with van der Waals surface area (Å²) in [5, 5.41) is 0. The van der Waals surface area contributed by atoms with E-state index in [1.54, 1.807) is 0 Å². The topological polar surface area (TPSA) is 55.4 Å². The van der Waals surface area contributed by atoms with Crippen LogP contribution in [0.25, 0.3) is 6.08 Å². The minimum atomic E-state index is -0.132. The molecule has 0 spiro atoms. The molecule has 1 aliphatic rings. The van der Waals surface area contributed by atoms with Gasteiger partial charge < -0.3 is 28.4 Å². The van der Waals surface area contributed by atoms with Gasteiger partial charge in [0.2, 0.25) is 0 Å². The SMILES string of the molecule is C=Cc1ccc(COCC2COCCOCCOCCOCCO2)cc1. The summed E-state index contributed by atoms with van der Waals surface area (Å²) in [6.07, 6.45) is 1.69. The van der Waals surface area contributed by atoms with Crippen LogP contribution in [0.3, 0.4) is 0 Å². The van der Waals surface area contributed by atoms with E-state index in [4.69, 9.17) is 28.4 Å². The van der Waals surface area contributed by atoms with E-state index in [0.29, 0.717) is 72.7 Å². The molecule has 1 aromatic carbocycles. The van der Waals surface area contributed by atoms with Gasteiger partial charge in [-0.25, -0.2) is 0 Å². The molecule has 6 nitrogen and oxygen atoms in total. The maximum absolute atomic E-state index is 5.82. The van der Waals surface area contributed by atoms with Crippen molar-refractivity contribution in [1.29, 1.82) is 0 Å². The Kier molecular flexibility index (Phi) is 11.2. The summed E-state index contributed by atoms with van der Waals surface area (Å²) in [6.45, 7) is 9.59. The lowest BCUT2D eigenvalue weighted by Gasteiger charge is -2.18. The lowest BCUT2D eigenvalue weighted by molar-refractivity contribution is -0.0801. The van der Waals surface area contributed by atoms with E-state index in [0.717, 1.165) is 11.1 Å². The minimum Gasteiger partial charge on any atom is -0.377 e. The van der Waals surface area contributed by atoms with Gasteiger partial charge in [-0.1, -0.05) is 36.9 Å². The van der Waals surface area contributed by atoms with Gasteiger partial charge in [-0.2, -0.15) is 0 Å². The van der Waals surface area contributed by atoms with Gasteiger partial charge in [-0.05, 0) is 11.1 Å². The number of rotatable bonds is 5. The maximum atomic E-state index is 5.82. The van der Waals surface area contributed by atoms with Crippen LogP contribution in [-0.4, -0.2) is 72.2 Å². The predicted molar refractivity (Wildman–Crippen MR) is 99.2 cm³/mol. The van der Waals surface area contributed by atoms with Crippen molar-refractivity contribution in [3.63, 3.8) is 0 Å². The summed E-state index contributed by atoms with van der Waals surface area (Å²) in [5.74, 6) is 0. The third-order valence-electron chi connectivity index (χ3n) is 3.79. The Balaban J connectivity index is 1.70. The number of hydrogen-bond acceptors (Lipinski definition) is 6. The highest BCUT2D eigenvalue weighted by atomic mass is 16.6. The summed E-state index contributed by atoms with van der Waals surface area (Å²) in [5.41, 5.74) is 2.21. The monoisotopic (exact) mass is 366 g/mol. The molecule has 0 bridgehead atoms. The van der Waals surface area contributed by atoms with E-state index in [1.165, 1.54) is 0 Å². The van der Waals surface area contributed by atoms with Crippen LogP contribution in [-0.2, 0) is 35.0 Å². The highest BCUT2D eigenvalue weighted by Crippen LogP contribution is 2.07. The molecule has 1 fully saturated rings. The predicted octanol–water partition coefficient (Wildman–Crippen LogP) is 2.31. The van der Waals surface area contributed by atoms with Crippen LogP contribution >= 0.6 is 0 Å². The molecule has 0 N–H and O–H groups in total. The zero-order chi connectivity index (χ0) is 18.3. The summed E-state index contributed by atoms with van der Waals surface area (Å²) in [4.78, 5) is 0. The highest BCUT2D eigenvalue weighted by molar-refractivity contribution is 5.47. The van der Waals surface area contributed by atoms with Crippen molar-refractivity contribution in [2.45, 2.75) is 12.7 Å². The second kappa shape index (κ2) is 13.9. The zero-order valence-electron chi connectivity index (χ0n) is 15.4. The van der Waals surface area contributed by atoms with Gasteiger partial charge in [0.15, 0.2) is 0 Å². The Morgan fingerprint density at radius 2 is 1.42 bits per heavy atom. The average molecular weight is 366 g/mol. The highest BCUT2D eigenvalue weighted by Gasteiger charge is 2.11. The lowest BCUT2D eigenvalue weighted by atomic mass is 10.1. The Morgan fingerprint density at radius 1 is 0.846 bits per heavy atom. The van der Waals surface area contributed by atoms with Crippen molar-refractivity contribution in [3.05, 3.63) is 42.0 Å². The normalized spacial score (nSPS) is 21.5. The molecule has 1 heterocycles. The first kappa shape index (κ1) is 21.0. The van der Waals surface area contributed by atoms with Crippen molar-refractivity contribution >= 4 is 6.08 Å². The fourth-order valence-electron chi connectivity index (χ4n) is 2.35. The minimum absolute atomic E-state index is 0.132. The molecule has 1 aliphatic heterocycles. The van der Waals surface area contributed by atoms with Crippen LogP contribution in [0.15, 0.2) is 30.8 Å². The Bertz CT molecular complexity index is 460. The lowest BCUT2D eigenvalue weighted by Crippen LogP contribution is -2.28. The molecular formula is C20H30O6. The van der Waals surface area contributed by atoms with Crippen molar-refractivity contribution in [3.8, 4) is 0 Å². The van der Waals surface area contributed by atoms with Crippen molar-refractivity contribution < 1.29 is 28.4 Å². The molecule has 0 aromatic heterocycles. The molecule has 26 heavy (non-hydrogen) atoms. The quantitative estimate of drug-likeness (QED) is 0.797.